The summed E-state index contributed by atoms with van der Waals surface area (Å²) in [6.45, 7) is 1.98. The Morgan fingerprint density at radius 1 is 1.03 bits per heavy atom. The van der Waals surface area contributed by atoms with Crippen molar-refractivity contribution in [2.45, 2.75) is 29.5 Å². The number of imide groups is 1. The van der Waals surface area contributed by atoms with Crippen LogP contribution in [0.5, 0.6) is 11.5 Å². The summed E-state index contributed by atoms with van der Waals surface area (Å²) in [5, 5.41) is 11.2. The standard InChI is InChI=1S/C27H24N2O5S2/c1-11-3-6-13(7-4-11)29-25(31)20-14-10-15(21(20)26(29)32)22-19(14)18(23-24(35-22)28-27(33)36-23)12-5-8-16(30)17(9-12)34-2/h3-9,14-15,18-22,30H,10H2,1-2H3,(H,28,33)/t14-,15-,18-,19-,20+,21-,22+/m0/s1. The molecule has 1 aromatic heterocycles. The molecule has 3 heterocycles. The average molecular weight is 521 g/mol. The third-order valence-electron chi connectivity index (χ3n) is 8.58. The van der Waals surface area contributed by atoms with Gasteiger partial charge in [0.05, 0.1) is 29.7 Å². The Hall–Kier alpha value is -3.04. The summed E-state index contributed by atoms with van der Waals surface area (Å²) in [4.78, 5) is 45.1. The number of hydrogen-bond acceptors (Lipinski definition) is 7. The quantitative estimate of drug-likeness (QED) is 0.504. The summed E-state index contributed by atoms with van der Waals surface area (Å²) in [6.07, 6.45) is 0.835. The van der Waals surface area contributed by atoms with Gasteiger partial charge in [-0.2, -0.15) is 0 Å². The van der Waals surface area contributed by atoms with E-state index in [9.17, 15) is 19.5 Å². The van der Waals surface area contributed by atoms with Crippen molar-refractivity contribution in [3.8, 4) is 11.5 Å². The number of ether oxygens (including phenoxy) is 1. The van der Waals surface area contributed by atoms with Crippen molar-refractivity contribution in [2.75, 3.05) is 12.0 Å². The van der Waals surface area contributed by atoms with E-state index in [0.717, 1.165) is 27.5 Å². The smallest absolute Gasteiger partial charge is 0.305 e. The van der Waals surface area contributed by atoms with E-state index in [1.165, 1.54) is 23.3 Å². The van der Waals surface area contributed by atoms with Gasteiger partial charge in [0.25, 0.3) is 0 Å². The van der Waals surface area contributed by atoms with Crippen LogP contribution >= 0.6 is 23.1 Å². The molecule has 7 atom stereocenters. The van der Waals surface area contributed by atoms with Gasteiger partial charge in [-0.1, -0.05) is 35.1 Å². The first kappa shape index (κ1) is 22.2. The molecule has 7 rings (SSSR count). The minimum Gasteiger partial charge on any atom is -0.504 e. The minimum absolute atomic E-state index is 0.0412. The van der Waals surface area contributed by atoms with E-state index in [4.69, 9.17) is 4.74 Å². The van der Waals surface area contributed by atoms with Gasteiger partial charge in [-0.25, -0.2) is 0 Å². The molecule has 36 heavy (non-hydrogen) atoms. The van der Waals surface area contributed by atoms with E-state index in [2.05, 4.69) is 4.98 Å². The summed E-state index contributed by atoms with van der Waals surface area (Å²) in [5.74, 6) is -0.313. The lowest BCUT2D eigenvalue weighted by atomic mass is 9.68. The van der Waals surface area contributed by atoms with Crippen molar-refractivity contribution >= 4 is 40.6 Å². The molecule has 0 unspecified atom stereocenters. The molecule has 2 saturated carbocycles. The molecule has 184 valence electrons. The van der Waals surface area contributed by atoms with Crippen molar-refractivity contribution in [3.05, 3.63) is 68.1 Å². The van der Waals surface area contributed by atoms with Crippen molar-refractivity contribution in [3.63, 3.8) is 0 Å². The van der Waals surface area contributed by atoms with E-state index in [1.54, 1.807) is 17.8 Å². The molecule has 2 amide bonds. The molecule has 2 bridgehead atoms. The van der Waals surface area contributed by atoms with E-state index in [0.29, 0.717) is 11.4 Å². The molecule has 0 spiro atoms. The van der Waals surface area contributed by atoms with E-state index in [1.807, 2.05) is 43.3 Å². The number of amides is 2. The molecule has 7 nitrogen and oxygen atoms in total. The molecular formula is C27H24N2O5S2. The van der Waals surface area contributed by atoms with Gasteiger partial charge in [0.2, 0.25) is 11.8 Å². The zero-order valence-corrected chi connectivity index (χ0v) is 21.3. The fourth-order valence-electron chi connectivity index (χ4n) is 7.23. The number of rotatable bonds is 3. The van der Waals surface area contributed by atoms with Gasteiger partial charge in [0.1, 0.15) is 0 Å². The Kier molecular flexibility index (Phi) is 4.76. The maximum absolute atomic E-state index is 13.8. The summed E-state index contributed by atoms with van der Waals surface area (Å²) in [7, 11) is 1.52. The monoisotopic (exact) mass is 520 g/mol. The lowest BCUT2D eigenvalue weighted by molar-refractivity contribution is -0.123. The van der Waals surface area contributed by atoms with Crippen LogP contribution in [0.25, 0.3) is 0 Å². The van der Waals surface area contributed by atoms with Gasteiger partial charge in [0, 0.05) is 16.0 Å². The molecular weight excluding hydrogens is 496 g/mol. The van der Waals surface area contributed by atoms with E-state index in [-0.39, 0.29) is 63.2 Å². The Labute approximate surface area is 215 Å². The predicted molar refractivity (Wildman–Crippen MR) is 137 cm³/mol. The number of nitrogens with one attached hydrogen (secondary N) is 1. The number of aromatic amines is 1. The molecule has 2 aliphatic heterocycles. The zero-order valence-electron chi connectivity index (χ0n) is 19.6. The topological polar surface area (TPSA) is 99.7 Å². The Morgan fingerprint density at radius 3 is 2.47 bits per heavy atom. The first-order valence-electron chi connectivity index (χ1n) is 12.1. The number of anilines is 1. The maximum Gasteiger partial charge on any atom is 0.305 e. The number of hydrogen-bond donors (Lipinski definition) is 2. The fraction of sp³-hybridized carbons (Fsp3) is 0.370. The number of phenols is 1. The second-order valence-electron chi connectivity index (χ2n) is 10.2. The fourth-order valence-corrected chi connectivity index (χ4v) is 10.1. The third kappa shape index (κ3) is 2.90. The van der Waals surface area contributed by atoms with Crippen molar-refractivity contribution in [1.29, 1.82) is 0 Å². The number of aromatic hydroxyl groups is 1. The number of fused-ring (bicyclic) bond motifs is 9. The van der Waals surface area contributed by atoms with Gasteiger partial charge < -0.3 is 14.8 Å². The maximum atomic E-state index is 13.8. The zero-order chi connectivity index (χ0) is 24.9. The highest BCUT2D eigenvalue weighted by molar-refractivity contribution is 8.00. The Morgan fingerprint density at radius 2 is 1.75 bits per heavy atom. The highest BCUT2D eigenvalue weighted by Crippen LogP contribution is 2.68. The second-order valence-corrected chi connectivity index (χ2v) is 12.4. The average Bonchev–Trinajstić information content (AvgIpc) is 3.59. The number of thioether (sulfide) groups is 1. The highest BCUT2D eigenvalue weighted by Gasteiger charge is 2.69. The first-order chi connectivity index (χ1) is 17.4. The summed E-state index contributed by atoms with van der Waals surface area (Å²) in [5.41, 5.74) is 2.67. The van der Waals surface area contributed by atoms with Crippen molar-refractivity contribution in [1.82, 2.24) is 4.98 Å². The van der Waals surface area contributed by atoms with Gasteiger partial charge in [-0.15, -0.1) is 11.8 Å². The number of nitrogens with zero attached hydrogens (tertiary/aromatic N) is 1. The lowest BCUT2D eigenvalue weighted by Gasteiger charge is -2.43. The van der Waals surface area contributed by atoms with Gasteiger partial charge in [-0.05, 0) is 60.9 Å². The minimum atomic E-state index is -0.343. The SMILES string of the molecule is COc1cc([C@@H]2c3sc(=O)[nH]c3S[C@@H]3[C@H]4C[C@H]([C@H]5C(=O)N(c6ccc(C)cc6)C(=O)[C@@H]45)[C@@H]23)ccc1O. The van der Waals surface area contributed by atoms with Crippen LogP contribution in [0.4, 0.5) is 5.69 Å². The lowest BCUT2D eigenvalue weighted by Crippen LogP contribution is -2.42. The number of methoxy groups -OCH3 is 1. The molecule has 9 heteroatoms. The molecule has 3 aromatic rings. The van der Waals surface area contributed by atoms with Crippen LogP contribution in [0, 0.1) is 36.5 Å². The third-order valence-corrected chi connectivity index (χ3v) is 11.2. The number of aromatic nitrogens is 1. The van der Waals surface area contributed by atoms with Crippen LogP contribution in [-0.4, -0.2) is 34.3 Å². The summed E-state index contributed by atoms with van der Waals surface area (Å²) >= 11 is 2.88. The van der Waals surface area contributed by atoms with Crippen LogP contribution in [0.3, 0.4) is 0 Å². The van der Waals surface area contributed by atoms with Gasteiger partial charge in [0.15, 0.2) is 11.5 Å². The predicted octanol–water partition coefficient (Wildman–Crippen LogP) is 4.14. The van der Waals surface area contributed by atoms with E-state index < -0.39 is 0 Å². The number of carbonyl (C=O) groups is 2. The molecule has 4 aliphatic rings. The van der Waals surface area contributed by atoms with Gasteiger partial charge in [-0.3, -0.25) is 19.3 Å². The number of benzene rings is 2. The highest BCUT2D eigenvalue weighted by atomic mass is 32.2. The van der Waals surface area contributed by atoms with Crippen molar-refractivity contribution < 1.29 is 19.4 Å². The number of phenolic OH excluding ortho intramolecular Hbond substituents is 1. The molecule has 3 fully saturated rings. The second kappa shape index (κ2) is 7.73. The number of aryl methyl sites for hydroxylation is 1. The van der Waals surface area contributed by atoms with Crippen LogP contribution in [-0.2, 0) is 9.59 Å². The molecule has 2 aliphatic carbocycles. The number of H-pyrrole nitrogens is 1. The number of carbonyl (C=O) groups excluding carboxylic acids is 2. The normalized spacial score (nSPS) is 31.9. The molecule has 1 saturated heterocycles. The largest absolute Gasteiger partial charge is 0.504 e. The van der Waals surface area contributed by atoms with Crippen molar-refractivity contribution in [2.24, 2.45) is 29.6 Å². The van der Waals surface area contributed by atoms with Gasteiger partial charge >= 0.3 is 4.87 Å². The van der Waals surface area contributed by atoms with Crippen LogP contribution in [0.15, 0.2) is 52.3 Å². The molecule has 0 radical (unpaired) electrons. The summed E-state index contributed by atoms with van der Waals surface area (Å²) in [6, 6.07) is 12.9. The molecule has 2 N–H and O–H groups in total. The first-order valence-corrected chi connectivity index (χ1v) is 13.8. The summed E-state index contributed by atoms with van der Waals surface area (Å²) < 4.78 is 5.39. The van der Waals surface area contributed by atoms with Crippen LogP contribution in [0.1, 0.15) is 28.3 Å². The molecule has 2 aromatic carbocycles. The van der Waals surface area contributed by atoms with Crippen LogP contribution in [0.2, 0.25) is 0 Å². The number of thiazole rings is 1. The Bertz CT molecular complexity index is 1480. The Balaban J connectivity index is 1.33. The van der Waals surface area contributed by atoms with Crippen LogP contribution < -0.4 is 14.5 Å². The van der Waals surface area contributed by atoms with E-state index >= 15 is 0 Å².